The molecule has 1 fully saturated rings. The second-order valence-electron chi connectivity index (χ2n) is 6.38. The SMILES string of the molecule is c1nc(Nc2ccc(-c3cn4ccsc4n3)cc2)cc(N2CCCC2)n1. The normalized spacial score (nSPS) is 14.2. The average Bonchev–Trinajstić information content (AvgIpc) is 3.40. The highest BCUT2D eigenvalue weighted by atomic mass is 32.1. The Balaban J connectivity index is 1.34. The van der Waals surface area contributed by atoms with Crippen molar-refractivity contribution in [1.29, 1.82) is 0 Å². The van der Waals surface area contributed by atoms with E-state index in [2.05, 4.69) is 55.6 Å². The molecule has 0 radical (unpaired) electrons. The van der Waals surface area contributed by atoms with Crippen molar-refractivity contribution in [1.82, 2.24) is 19.4 Å². The van der Waals surface area contributed by atoms with Gasteiger partial charge in [0.15, 0.2) is 4.96 Å². The summed E-state index contributed by atoms with van der Waals surface area (Å²) in [5.41, 5.74) is 3.09. The van der Waals surface area contributed by atoms with Gasteiger partial charge >= 0.3 is 0 Å². The maximum absolute atomic E-state index is 4.65. The molecule has 1 aliphatic heterocycles. The number of hydrogen-bond acceptors (Lipinski definition) is 6. The van der Waals surface area contributed by atoms with Crippen molar-refractivity contribution in [3.8, 4) is 11.3 Å². The molecule has 7 heteroatoms. The van der Waals surface area contributed by atoms with Crippen LogP contribution in [0.4, 0.5) is 17.3 Å². The lowest BCUT2D eigenvalue weighted by Crippen LogP contribution is -2.19. The number of thiazole rings is 1. The molecule has 1 saturated heterocycles. The van der Waals surface area contributed by atoms with Gasteiger partial charge in [-0.3, -0.25) is 4.40 Å². The summed E-state index contributed by atoms with van der Waals surface area (Å²) in [7, 11) is 0. The Kier molecular flexibility index (Phi) is 3.79. The van der Waals surface area contributed by atoms with Crippen LogP contribution in [-0.4, -0.2) is 32.4 Å². The number of hydrogen-bond donors (Lipinski definition) is 1. The van der Waals surface area contributed by atoms with Crippen molar-refractivity contribution in [2.45, 2.75) is 12.8 Å². The van der Waals surface area contributed by atoms with Crippen molar-refractivity contribution in [2.24, 2.45) is 0 Å². The lowest BCUT2D eigenvalue weighted by Gasteiger charge is -2.16. The first kappa shape index (κ1) is 15.3. The largest absolute Gasteiger partial charge is 0.356 e. The van der Waals surface area contributed by atoms with E-state index in [4.69, 9.17) is 0 Å². The van der Waals surface area contributed by atoms with E-state index in [1.54, 1.807) is 17.7 Å². The Hall–Kier alpha value is -2.93. The third-order valence-corrected chi connectivity index (χ3v) is 5.40. The molecule has 4 heterocycles. The molecule has 0 saturated carbocycles. The molecule has 0 unspecified atom stereocenters. The standard InChI is InChI=1S/C19H18N6S/c1-2-8-24(7-1)18-11-17(20-13-21-18)22-15-5-3-14(4-6-15)16-12-25-9-10-26-19(25)23-16/h3-6,9-13H,1-2,7-8H2,(H,20,21,22). The van der Waals surface area contributed by atoms with Gasteiger partial charge in [-0.1, -0.05) is 12.1 Å². The Morgan fingerprint density at radius 1 is 1.04 bits per heavy atom. The molecule has 1 aliphatic rings. The molecule has 6 nitrogen and oxygen atoms in total. The first-order valence-electron chi connectivity index (χ1n) is 8.72. The number of nitrogens with zero attached hydrogens (tertiary/aromatic N) is 5. The molecule has 3 aromatic heterocycles. The van der Waals surface area contributed by atoms with E-state index in [0.717, 1.165) is 46.6 Å². The molecule has 1 N–H and O–H groups in total. The Labute approximate surface area is 155 Å². The zero-order valence-electron chi connectivity index (χ0n) is 14.2. The van der Waals surface area contributed by atoms with Crippen LogP contribution in [-0.2, 0) is 0 Å². The number of aromatic nitrogens is 4. The van der Waals surface area contributed by atoms with Crippen LogP contribution >= 0.6 is 11.3 Å². The topological polar surface area (TPSA) is 58.4 Å². The number of benzene rings is 1. The summed E-state index contributed by atoms with van der Waals surface area (Å²) >= 11 is 1.64. The lowest BCUT2D eigenvalue weighted by molar-refractivity contribution is 0.928. The summed E-state index contributed by atoms with van der Waals surface area (Å²) in [4.78, 5) is 16.7. The van der Waals surface area contributed by atoms with Crippen LogP contribution in [0.5, 0.6) is 0 Å². The predicted octanol–water partition coefficient (Wildman–Crippen LogP) is 4.20. The predicted molar refractivity (Wildman–Crippen MR) is 105 cm³/mol. The number of anilines is 3. The zero-order chi connectivity index (χ0) is 17.3. The summed E-state index contributed by atoms with van der Waals surface area (Å²) in [6, 6.07) is 10.3. The first-order valence-corrected chi connectivity index (χ1v) is 9.60. The van der Waals surface area contributed by atoms with E-state index in [1.165, 1.54) is 12.8 Å². The van der Waals surface area contributed by atoms with E-state index in [0.29, 0.717) is 0 Å². The summed E-state index contributed by atoms with van der Waals surface area (Å²) in [6.07, 6.45) is 8.18. The first-order chi connectivity index (χ1) is 12.8. The minimum absolute atomic E-state index is 0.817. The van der Waals surface area contributed by atoms with E-state index in [9.17, 15) is 0 Å². The molecule has 0 aliphatic carbocycles. The van der Waals surface area contributed by atoms with Crippen LogP contribution in [0.3, 0.4) is 0 Å². The number of imidazole rings is 1. The third kappa shape index (κ3) is 2.90. The minimum atomic E-state index is 0.817. The van der Waals surface area contributed by atoms with Crippen molar-refractivity contribution in [3.05, 3.63) is 54.4 Å². The van der Waals surface area contributed by atoms with E-state index < -0.39 is 0 Å². The molecule has 5 rings (SSSR count). The molecule has 0 spiro atoms. The van der Waals surface area contributed by atoms with Gasteiger partial charge in [-0.15, -0.1) is 11.3 Å². The Bertz CT molecular complexity index is 1000. The maximum atomic E-state index is 4.65. The fourth-order valence-corrected chi connectivity index (χ4v) is 3.97. The fourth-order valence-electron chi connectivity index (χ4n) is 3.27. The van der Waals surface area contributed by atoms with Gasteiger partial charge in [0.25, 0.3) is 0 Å². The van der Waals surface area contributed by atoms with Crippen LogP contribution in [0, 0.1) is 0 Å². The molecule has 0 bridgehead atoms. The van der Waals surface area contributed by atoms with Gasteiger partial charge in [-0.25, -0.2) is 15.0 Å². The summed E-state index contributed by atoms with van der Waals surface area (Å²) < 4.78 is 2.05. The number of rotatable bonds is 4. The van der Waals surface area contributed by atoms with Crippen molar-refractivity contribution in [2.75, 3.05) is 23.3 Å². The van der Waals surface area contributed by atoms with Crippen molar-refractivity contribution in [3.63, 3.8) is 0 Å². The zero-order valence-corrected chi connectivity index (χ0v) is 15.0. The monoisotopic (exact) mass is 362 g/mol. The van der Waals surface area contributed by atoms with Gasteiger partial charge < -0.3 is 10.2 Å². The molecule has 130 valence electrons. The molecule has 0 amide bonds. The van der Waals surface area contributed by atoms with Gasteiger partial charge in [0.2, 0.25) is 0 Å². The van der Waals surface area contributed by atoms with Gasteiger partial charge in [0.05, 0.1) is 5.69 Å². The van der Waals surface area contributed by atoms with Crippen LogP contribution in [0.25, 0.3) is 16.2 Å². The summed E-state index contributed by atoms with van der Waals surface area (Å²) in [6.45, 7) is 2.15. The highest BCUT2D eigenvalue weighted by Crippen LogP contribution is 2.25. The second-order valence-corrected chi connectivity index (χ2v) is 7.25. The van der Waals surface area contributed by atoms with E-state index in [1.807, 2.05) is 22.0 Å². The van der Waals surface area contributed by atoms with Crippen LogP contribution in [0.1, 0.15) is 12.8 Å². The van der Waals surface area contributed by atoms with Crippen LogP contribution < -0.4 is 10.2 Å². The second kappa shape index (κ2) is 6.42. The van der Waals surface area contributed by atoms with Crippen LogP contribution in [0.2, 0.25) is 0 Å². The van der Waals surface area contributed by atoms with Gasteiger partial charge in [-0.2, -0.15) is 0 Å². The van der Waals surface area contributed by atoms with Crippen molar-refractivity contribution >= 4 is 33.6 Å². The molecule has 4 aromatic rings. The van der Waals surface area contributed by atoms with Gasteiger partial charge in [-0.05, 0) is 25.0 Å². The van der Waals surface area contributed by atoms with Gasteiger partial charge in [0, 0.05) is 48.2 Å². The smallest absolute Gasteiger partial charge is 0.194 e. The van der Waals surface area contributed by atoms with Crippen LogP contribution in [0.15, 0.2) is 54.4 Å². The lowest BCUT2D eigenvalue weighted by atomic mass is 10.1. The quantitative estimate of drug-likeness (QED) is 0.590. The maximum Gasteiger partial charge on any atom is 0.194 e. The van der Waals surface area contributed by atoms with Crippen molar-refractivity contribution < 1.29 is 0 Å². The minimum Gasteiger partial charge on any atom is -0.356 e. The van der Waals surface area contributed by atoms with Gasteiger partial charge in [0.1, 0.15) is 18.0 Å². The number of fused-ring (bicyclic) bond motifs is 1. The highest BCUT2D eigenvalue weighted by molar-refractivity contribution is 7.15. The summed E-state index contributed by atoms with van der Waals surface area (Å²) in [5, 5.41) is 5.41. The molecular formula is C19H18N6S. The molecule has 1 aromatic carbocycles. The highest BCUT2D eigenvalue weighted by Gasteiger charge is 2.14. The Morgan fingerprint density at radius 3 is 2.69 bits per heavy atom. The molecule has 26 heavy (non-hydrogen) atoms. The Morgan fingerprint density at radius 2 is 1.88 bits per heavy atom. The average molecular weight is 362 g/mol. The summed E-state index contributed by atoms with van der Waals surface area (Å²) in [5.74, 6) is 1.81. The number of nitrogens with one attached hydrogen (secondary N) is 1. The van der Waals surface area contributed by atoms with E-state index in [-0.39, 0.29) is 0 Å². The molecule has 0 atom stereocenters. The molecular weight excluding hydrogens is 344 g/mol. The van der Waals surface area contributed by atoms with E-state index >= 15 is 0 Å². The third-order valence-electron chi connectivity index (χ3n) is 4.63. The fraction of sp³-hybridized carbons (Fsp3) is 0.211.